The smallest absolute Gasteiger partial charge is 0.240 e. The van der Waals surface area contributed by atoms with E-state index >= 15 is 0 Å². The van der Waals surface area contributed by atoms with Crippen LogP contribution < -0.4 is 5.43 Å². The molecule has 3 unspecified atom stereocenters. The average molecular weight is 250 g/mol. The summed E-state index contributed by atoms with van der Waals surface area (Å²) in [6.07, 6.45) is 12.7. The van der Waals surface area contributed by atoms with E-state index in [1.54, 1.807) is 0 Å². The SMILES string of the molecule is CCCCCCC(=O)NN=CC1CC2CCC1C2. The fraction of sp³-hybridized carbons (Fsp3) is 0.867. The number of amides is 1. The summed E-state index contributed by atoms with van der Waals surface area (Å²) >= 11 is 0. The van der Waals surface area contributed by atoms with Gasteiger partial charge >= 0.3 is 0 Å². The predicted molar refractivity (Wildman–Crippen MR) is 74.3 cm³/mol. The van der Waals surface area contributed by atoms with Gasteiger partial charge in [-0.3, -0.25) is 4.79 Å². The lowest BCUT2D eigenvalue weighted by Gasteiger charge is -2.16. The lowest BCUT2D eigenvalue weighted by molar-refractivity contribution is -0.121. The molecule has 2 bridgehead atoms. The summed E-state index contributed by atoms with van der Waals surface area (Å²) in [5, 5.41) is 4.15. The number of fused-ring (bicyclic) bond motifs is 2. The van der Waals surface area contributed by atoms with Crippen molar-refractivity contribution in [2.45, 2.75) is 64.7 Å². The minimum absolute atomic E-state index is 0.0745. The minimum Gasteiger partial charge on any atom is -0.273 e. The van der Waals surface area contributed by atoms with E-state index in [0.717, 1.165) is 24.7 Å². The Hall–Kier alpha value is -0.860. The molecule has 18 heavy (non-hydrogen) atoms. The molecule has 0 aromatic rings. The van der Waals surface area contributed by atoms with Gasteiger partial charge < -0.3 is 0 Å². The first-order valence-electron chi connectivity index (χ1n) is 7.61. The zero-order chi connectivity index (χ0) is 12.8. The highest BCUT2D eigenvalue weighted by atomic mass is 16.2. The van der Waals surface area contributed by atoms with Crippen LogP contribution in [-0.4, -0.2) is 12.1 Å². The molecular weight excluding hydrogens is 224 g/mol. The van der Waals surface area contributed by atoms with Gasteiger partial charge in [0.2, 0.25) is 5.91 Å². The van der Waals surface area contributed by atoms with Crippen molar-refractivity contribution < 1.29 is 4.79 Å². The van der Waals surface area contributed by atoms with Gasteiger partial charge in [-0.25, -0.2) is 5.43 Å². The Balaban J connectivity index is 1.58. The zero-order valence-corrected chi connectivity index (χ0v) is 11.5. The third kappa shape index (κ3) is 3.82. The predicted octanol–water partition coefficient (Wildman–Crippen LogP) is 3.50. The summed E-state index contributed by atoms with van der Waals surface area (Å²) in [4.78, 5) is 11.5. The van der Waals surface area contributed by atoms with Crippen LogP contribution in [0.1, 0.15) is 64.7 Å². The molecule has 1 amide bonds. The van der Waals surface area contributed by atoms with Crippen LogP contribution in [0, 0.1) is 17.8 Å². The van der Waals surface area contributed by atoms with Crippen LogP contribution >= 0.6 is 0 Å². The second kappa shape index (κ2) is 6.91. The number of hydrazone groups is 1. The van der Waals surface area contributed by atoms with Gasteiger partial charge in [-0.05, 0) is 43.4 Å². The Morgan fingerprint density at radius 2 is 2.17 bits per heavy atom. The van der Waals surface area contributed by atoms with Gasteiger partial charge in [0.15, 0.2) is 0 Å². The molecule has 0 saturated heterocycles. The van der Waals surface area contributed by atoms with Crippen LogP contribution in [0.15, 0.2) is 5.10 Å². The summed E-state index contributed by atoms with van der Waals surface area (Å²) in [5.41, 5.74) is 2.68. The van der Waals surface area contributed by atoms with Crippen molar-refractivity contribution in [2.75, 3.05) is 0 Å². The van der Waals surface area contributed by atoms with E-state index in [-0.39, 0.29) is 5.91 Å². The summed E-state index contributed by atoms with van der Waals surface area (Å²) in [6.45, 7) is 2.18. The van der Waals surface area contributed by atoms with Crippen molar-refractivity contribution in [2.24, 2.45) is 22.9 Å². The molecule has 0 aliphatic heterocycles. The van der Waals surface area contributed by atoms with E-state index in [0.29, 0.717) is 12.3 Å². The van der Waals surface area contributed by atoms with Gasteiger partial charge in [0.05, 0.1) is 0 Å². The maximum Gasteiger partial charge on any atom is 0.240 e. The molecule has 2 aliphatic carbocycles. The van der Waals surface area contributed by atoms with Gasteiger partial charge in [-0.1, -0.05) is 32.6 Å². The van der Waals surface area contributed by atoms with Crippen LogP contribution in [0.3, 0.4) is 0 Å². The summed E-state index contributed by atoms with van der Waals surface area (Å²) in [6, 6.07) is 0. The first kappa shape index (κ1) is 13.6. The Morgan fingerprint density at radius 3 is 2.83 bits per heavy atom. The average Bonchev–Trinajstić information content (AvgIpc) is 2.97. The number of nitrogens with zero attached hydrogens (tertiary/aromatic N) is 1. The maximum atomic E-state index is 11.5. The second-order valence-corrected chi connectivity index (χ2v) is 5.96. The molecule has 2 aliphatic rings. The summed E-state index contributed by atoms with van der Waals surface area (Å²) in [5.74, 6) is 2.49. The van der Waals surface area contributed by atoms with Crippen molar-refractivity contribution in [3.8, 4) is 0 Å². The van der Waals surface area contributed by atoms with Crippen molar-refractivity contribution in [3.05, 3.63) is 0 Å². The van der Waals surface area contributed by atoms with Crippen LogP contribution in [0.4, 0.5) is 0 Å². The summed E-state index contributed by atoms with van der Waals surface area (Å²) < 4.78 is 0. The van der Waals surface area contributed by atoms with Crippen molar-refractivity contribution in [3.63, 3.8) is 0 Å². The van der Waals surface area contributed by atoms with Crippen LogP contribution in [-0.2, 0) is 4.79 Å². The number of hydrogen-bond acceptors (Lipinski definition) is 2. The molecule has 3 heteroatoms. The fourth-order valence-electron chi connectivity index (χ4n) is 3.45. The topological polar surface area (TPSA) is 41.5 Å². The molecule has 0 heterocycles. The van der Waals surface area contributed by atoms with E-state index in [1.165, 1.54) is 38.5 Å². The molecule has 1 N–H and O–H groups in total. The monoisotopic (exact) mass is 250 g/mol. The quantitative estimate of drug-likeness (QED) is 0.419. The standard InChI is InChI=1S/C15H26N2O/c1-2-3-4-5-6-15(18)17-16-11-14-10-12-7-8-13(14)9-12/h11-14H,2-10H2,1H3,(H,17,18). The second-order valence-electron chi connectivity index (χ2n) is 5.96. The molecular formula is C15H26N2O. The molecule has 0 radical (unpaired) electrons. The molecule has 0 spiro atoms. The van der Waals surface area contributed by atoms with Gasteiger partial charge in [-0.15, -0.1) is 0 Å². The van der Waals surface area contributed by atoms with Crippen LogP contribution in [0.25, 0.3) is 0 Å². The molecule has 0 aromatic heterocycles. The van der Waals surface area contributed by atoms with Crippen LogP contribution in [0.2, 0.25) is 0 Å². The fourth-order valence-corrected chi connectivity index (χ4v) is 3.45. The van der Waals surface area contributed by atoms with Crippen molar-refractivity contribution >= 4 is 12.1 Å². The summed E-state index contributed by atoms with van der Waals surface area (Å²) in [7, 11) is 0. The van der Waals surface area contributed by atoms with Gasteiger partial charge in [0, 0.05) is 12.6 Å². The Bertz CT molecular complexity index is 301. The first-order chi connectivity index (χ1) is 8.79. The molecule has 3 atom stereocenters. The Labute approximate surface area is 110 Å². The van der Waals surface area contributed by atoms with E-state index in [9.17, 15) is 4.79 Å². The highest BCUT2D eigenvalue weighted by Crippen LogP contribution is 2.47. The largest absolute Gasteiger partial charge is 0.273 e. The third-order valence-electron chi connectivity index (χ3n) is 4.51. The van der Waals surface area contributed by atoms with Gasteiger partial charge in [0.1, 0.15) is 0 Å². The molecule has 3 nitrogen and oxygen atoms in total. The normalized spacial score (nSPS) is 30.2. The first-order valence-corrected chi connectivity index (χ1v) is 7.61. The lowest BCUT2D eigenvalue weighted by atomic mass is 9.90. The third-order valence-corrected chi connectivity index (χ3v) is 4.51. The number of rotatable bonds is 7. The zero-order valence-electron chi connectivity index (χ0n) is 11.5. The van der Waals surface area contributed by atoms with E-state index in [4.69, 9.17) is 0 Å². The highest BCUT2D eigenvalue weighted by Gasteiger charge is 2.38. The van der Waals surface area contributed by atoms with E-state index in [2.05, 4.69) is 17.5 Å². The van der Waals surface area contributed by atoms with Crippen molar-refractivity contribution in [1.82, 2.24) is 5.43 Å². The number of unbranched alkanes of at least 4 members (excludes halogenated alkanes) is 3. The molecule has 0 aromatic carbocycles. The molecule has 102 valence electrons. The number of carbonyl (C=O) groups excluding carboxylic acids is 1. The highest BCUT2D eigenvalue weighted by molar-refractivity contribution is 5.76. The Kier molecular flexibility index (Phi) is 5.21. The van der Waals surface area contributed by atoms with Crippen molar-refractivity contribution in [1.29, 1.82) is 0 Å². The van der Waals surface area contributed by atoms with Crippen LogP contribution in [0.5, 0.6) is 0 Å². The number of nitrogens with one attached hydrogen (secondary N) is 1. The van der Waals surface area contributed by atoms with Gasteiger partial charge in [0.25, 0.3) is 0 Å². The number of hydrogen-bond donors (Lipinski definition) is 1. The van der Waals surface area contributed by atoms with Gasteiger partial charge in [-0.2, -0.15) is 5.10 Å². The minimum atomic E-state index is 0.0745. The lowest BCUT2D eigenvalue weighted by Crippen LogP contribution is -2.19. The van der Waals surface area contributed by atoms with E-state index < -0.39 is 0 Å². The molecule has 2 saturated carbocycles. The maximum absolute atomic E-state index is 11.5. The molecule has 2 fully saturated rings. The van der Waals surface area contributed by atoms with E-state index in [1.807, 2.05) is 6.21 Å². The molecule has 2 rings (SSSR count). The Morgan fingerprint density at radius 1 is 1.28 bits per heavy atom. The number of carbonyl (C=O) groups is 1.